The van der Waals surface area contributed by atoms with Gasteiger partial charge in [0, 0.05) is 7.05 Å². The Bertz CT molecular complexity index is 808. The third kappa shape index (κ3) is 4.40. The van der Waals surface area contributed by atoms with Gasteiger partial charge in [0.15, 0.2) is 12.3 Å². The van der Waals surface area contributed by atoms with Crippen LogP contribution in [-0.4, -0.2) is 53.3 Å². The maximum atomic E-state index is 12.7. The Balaban J connectivity index is 1.62. The summed E-state index contributed by atoms with van der Waals surface area (Å²) in [7, 11) is 1.51. The molecule has 7 nitrogen and oxygen atoms in total. The Hall–Kier alpha value is -2.59. The van der Waals surface area contributed by atoms with Crippen molar-refractivity contribution in [3.05, 3.63) is 47.7 Å². The van der Waals surface area contributed by atoms with Gasteiger partial charge >= 0.3 is 6.18 Å². The van der Waals surface area contributed by atoms with Crippen molar-refractivity contribution >= 4 is 5.91 Å². The van der Waals surface area contributed by atoms with Crippen molar-refractivity contribution in [2.75, 3.05) is 20.3 Å². The Kier molecular flexibility index (Phi) is 5.38. The molecule has 10 heteroatoms. The molecule has 27 heavy (non-hydrogen) atoms. The summed E-state index contributed by atoms with van der Waals surface area (Å²) in [6.45, 7) is 0.122. The van der Waals surface area contributed by atoms with E-state index < -0.39 is 29.8 Å². The van der Waals surface area contributed by atoms with Crippen LogP contribution in [0.5, 0.6) is 5.75 Å². The van der Waals surface area contributed by atoms with Gasteiger partial charge in [-0.25, -0.2) is 4.98 Å². The van der Waals surface area contributed by atoms with Crippen molar-refractivity contribution in [1.29, 1.82) is 0 Å². The second kappa shape index (κ2) is 7.57. The lowest BCUT2D eigenvalue weighted by Crippen LogP contribution is -2.44. The maximum absolute atomic E-state index is 12.7. The SMILES string of the molecule is CN(C(=O)c1coc(COc2cccc(C(F)(F)F)c2)n1)[C@H]1COC[C@@H]1O. The number of carbonyl (C=O) groups is 1. The fourth-order valence-electron chi connectivity index (χ4n) is 2.62. The smallest absolute Gasteiger partial charge is 0.416 e. The molecule has 0 saturated carbocycles. The first-order chi connectivity index (χ1) is 12.8. The highest BCUT2D eigenvalue weighted by Gasteiger charge is 2.34. The molecule has 1 amide bonds. The summed E-state index contributed by atoms with van der Waals surface area (Å²) in [5, 5.41) is 9.79. The summed E-state index contributed by atoms with van der Waals surface area (Å²) in [6, 6.07) is 3.92. The van der Waals surface area contributed by atoms with Gasteiger partial charge < -0.3 is 23.9 Å². The summed E-state index contributed by atoms with van der Waals surface area (Å²) >= 11 is 0. The summed E-state index contributed by atoms with van der Waals surface area (Å²) in [4.78, 5) is 17.7. The molecule has 146 valence electrons. The van der Waals surface area contributed by atoms with Gasteiger partial charge in [0.1, 0.15) is 12.0 Å². The number of ether oxygens (including phenoxy) is 2. The molecule has 1 aromatic carbocycles. The van der Waals surface area contributed by atoms with Crippen LogP contribution in [0.15, 0.2) is 34.9 Å². The number of carbonyl (C=O) groups excluding carboxylic acids is 1. The topological polar surface area (TPSA) is 85.0 Å². The van der Waals surface area contributed by atoms with Gasteiger partial charge in [-0.15, -0.1) is 0 Å². The van der Waals surface area contributed by atoms with Crippen LogP contribution in [0, 0.1) is 0 Å². The fourth-order valence-corrected chi connectivity index (χ4v) is 2.62. The van der Waals surface area contributed by atoms with E-state index in [-0.39, 0.29) is 37.2 Å². The van der Waals surface area contributed by atoms with Crippen LogP contribution < -0.4 is 4.74 Å². The maximum Gasteiger partial charge on any atom is 0.416 e. The minimum Gasteiger partial charge on any atom is -0.484 e. The molecule has 1 aliphatic heterocycles. The number of rotatable bonds is 5. The number of hydrogen-bond donors (Lipinski definition) is 1. The number of nitrogens with zero attached hydrogens (tertiary/aromatic N) is 2. The van der Waals surface area contributed by atoms with E-state index in [0.29, 0.717) is 0 Å². The first-order valence-corrected chi connectivity index (χ1v) is 8.03. The molecule has 0 unspecified atom stereocenters. The number of benzene rings is 1. The zero-order valence-corrected chi connectivity index (χ0v) is 14.3. The van der Waals surface area contributed by atoms with Crippen molar-refractivity contribution in [2.45, 2.75) is 24.9 Å². The lowest BCUT2D eigenvalue weighted by Gasteiger charge is -2.24. The van der Waals surface area contributed by atoms with Gasteiger partial charge in [-0.05, 0) is 18.2 Å². The van der Waals surface area contributed by atoms with Crippen molar-refractivity contribution in [3.8, 4) is 5.75 Å². The number of alkyl halides is 3. The summed E-state index contributed by atoms with van der Waals surface area (Å²) in [6.07, 6.45) is -4.12. The average molecular weight is 386 g/mol. The summed E-state index contributed by atoms with van der Waals surface area (Å²) in [5.41, 5.74) is -0.832. The molecular weight excluding hydrogens is 369 g/mol. The molecule has 0 aliphatic carbocycles. The Labute approximate surface area is 152 Å². The van der Waals surface area contributed by atoms with Crippen LogP contribution in [0.3, 0.4) is 0 Å². The normalized spacial score (nSPS) is 19.9. The predicted octanol–water partition coefficient (Wildman–Crippen LogP) is 2.10. The Morgan fingerprint density at radius 3 is 2.85 bits per heavy atom. The van der Waals surface area contributed by atoms with Gasteiger partial charge in [-0.3, -0.25) is 4.79 Å². The molecule has 2 atom stereocenters. The van der Waals surface area contributed by atoms with E-state index in [2.05, 4.69) is 4.98 Å². The molecule has 0 radical (unpaired) electrons. The molecule has 1 fully saturated rings. The Morgan fingerprint density at radius 1 is 1.41 bits per heavy atom. The van der Waals surface area contributed by atoms with Gasteiger partial charge in [0.05, 0.1) is 30.9 Å². The van der Waals surface area contributed by atoms with E-state index in [0.717, 1.165) is 18.4 Å². The number of aliphatic hydroxyl groups excluding tert-OH is 1. The molecule has 1 aromatic heterocycles. The largest absolute Gasteiger partial charge is 0.484 e. The number of amides is 1. The molecule has 1 aliphatic rings. The van der Waals surface area contributed by atoms with Crippen molar-refractivity contribution < 1.29 is 37.0 Å². The van der Waals surface area contributed by atoms with Crippen molar-refractivity contribution in [2.24, 2.45) is 0 Å². The van der Waals surface area contributed by atoms with E-state index >= 15 is 0 Å². The molecule has 3 rings (SSSR count). The van der Waals surface area contributed by atoms with Crippen molar-refractivity contribution in [1.82, 2.24) is 9.88 Å². The number of aromatic nitrogens is 1. The zero-order chi connectivity index (χ0) is 19.6. The number of oxazole rings is 1. The van der Waals surface area contributed by atoms with Crippen LogP contribution in [-0.2, 0) is 17.5 Å². The first kappa shape index (κ1) is 19.2. The third-order valence-electron chi connectivity index (χ3n) is 4.13. The summed E-state index contributed by atoms with van der Waals surface area (Å²) in [5.74, 6) is -0.440. The van der Waals surface area contributed by atoms with E-state index in [4.69, 9.17) is 13.9 Å². The molecule has 2 heterocycles. The van der Waals surface area contributed by atoms with E-state index in [1.165, 1.54) is 24.1 Å². The Morgan fingerprint density at radius 2 is 2.19 bits per heavy atom. The number of likely N-dealkylation sites (N-methyl/N-ethyl adjacent to an activating group) is 1. The quantitative estimate of drug-likeness (QED) is 0.847. The van der Waals surface area contributed by atoms with Crippen LogP contribution in [0.2, 0.25) is 0 Å². The third-order valence-corrected chi connectivity index (χ3v) is 4.13. The molecule has 2 aromatic rings. The van der Waals surface area contributed by atoms with E-state index in [1.807, 2.05) is 0 Å². The average Bonchev–Trinajstić information content (AvgIpc) is 3.27. The highest BCUT2D eigenvalue weighted by Crippen LogP contribution is 2.31. The van der Waals surface area contributed by atoms with Gasteiger partial charge in [-0.1, -0.05) is 6.07 Å². The van der Waals surface area contributed by atoms with Crippen LogP contribution in [0.25, 0.3) is 0 Å². The van der Waals surface area contributed by atoms with Crippen LogP contribution >= 0.6 is 0 Å². The van der Waals surface area contributed by atoms with Gasteiger partial charge in [0.25, 0.3) is 5.91 Å². The monoisotopic (exact) mass is 386 g/mol. The number of hydrogen-bond acceptors (Lipinski definition) is 6. The molecule has 1 saturated heterocycles. The van der Waals surface area contributed by atoms with Crippen LogP contribution in [0.4, 0.5) is 13.2 Å². The second-order valence-corrected chi connectivity index (χ2v) is 6.03. The minimum atomic E-state index is -4.47. The molecule has 0 bridgehead atoms. The fraction of sp³-hybridized carbons (Fsp3) is 0.412. The predicted molar refractivity (Wildman–Crippen MR) is 85.0 cm³/mol. The highest BCUT2D eigenvalue weighted by atomic mass is 19.4. The number of halogens is 3. The van der Waals surface area contributed by atoms with E-state index in [1.54, 1.807) is 0 Å². The molecule has 1 N–H and O–H groups in total. The lowest BCUT2D eigenvalue weighted by molar-refractivity contribution is -0.137. The zero-order valence-electron chi connectivity index (χ0n) is 14.3. The van der Waals surface area contributed by atoms with Gasteiger partial charge in [0.2, 0.25) is 5.89 Å². The lowest BCUT2D eigenvalue weighted by atomic mass is 10.2. The standard InChI is InChI=1S/C17H17F3N2O5/c1-22(13-7-25-8-14(13)23)16(24)12-6-27-15(21-12)9-26-11-4-2-3-10(5-11)17(18,19)20/h2-6,13-14,23H,7-9H2,1H3/t13-,14-/m0/s1. The number of aliphatic hydroxyl groups is 1. The molecular formula is C17H17F3N2O5. The summed E-state index contributed by atoms with van der Waals surface area (Å²) < 4.78 is 53.6. The minimum absolute atomic E-state index is 0.000698. The highest BCUT2D eigenvalue weighted by molar-refractivity contribution is 5.92. The van der Waals surface area contributed by atoms with Crippen molar-refractivity contribution in [3.63, 3.8) is 0 Å². The second-order valence-electron chi connectivity index (χ2n) is 6.03. The van der Waals surface area contributed by atoms with Gasteiger partial charge in [-0.2, -0.15) is 13.2 Å². The molecule has 0 spiro atoms. The first-order valence-electron chi connectivity index (χ1n) is 8.03. The van der Waals surface area contributed by atoms with E-state index in [9.17, 15) is 23.1 Å². The van der Waals surface area contributed by atoms with Crippen LogP contribution in [0.1, 0.15) is 21.9 Å².